The van der Waals surface area contributed by atoms with Crippen molar-refractivity contribution in [3.8, 4) is 0 Å². The minimum atomic E-state index is -3.14. The van der Waals surface area contributed by atoms with Crippen molar-refractivity contribution in [2.24, 2.45) is 0 Å². The van der Waals surface area contributed by atoms with Crippen LogP contribution in [-0.4, -0.2) is 90.9 Å². The van der Waals surface area contributed by atoms with E-state index in [1.165, 1.54) is 11.2 Å². The van der Waals surface area contributed by atoms with Gasteiger partial charge in [0.25, 0.3) is 0 Å². The molecule has 2 aliphatic rings. The Kier molecular flexibility index (Phi) is 6.86. The van der Waals surface area contributed by atoms with E-state index in [0.29, 0.717) is 52.4 Å². The molecule has 0 bridgehead atoms. The van der Waals surface area contributed by atoms with Crippen LogP contribution in [0.1, 0.15) is 31.0 Å². The minimum absolute atomic E-state index is 0.0581. The largest absolute Gasteiger partial charge is 0.354 e. The van der Waals surface area contributed by atoms with E-state index < -0.39 is 15.9 Å². The Labute approximate surface area is 172 Å². The Morgan fingerprint density at radius 1 is 1.24 bits per heavy atom. The third kappa shape index (κ3) is 5.12. The first-order valence-electron chi connectivity index (χ1n) is 9.99. The van der Waals surface area contributed by atoms with Crippen molar-refractivity contribution >= 4 is 21.8 Å². The van der Waals surface area contributed by atoms with Gasteiger partial charge in [-0.15, -0.1) is 0 Å². The van der Waals surface area contributed by atoms with Gasteiger partial charge in [0.15, 0.2) is 0 Å². The van der Waals surface area contributed by atoms with Gasteiger partial charge in [-0.1, -0.05) is 6.07 Å². The van der Waals surface area contributed by atoms with Gasteiger partial charge < -0.3 is 10.2 Å². The standard InChI is InChI=1S/C19H29N5O4S/c1-3-29(27,28)24-11-9-22(10-12-24)8-7-21-19(26)17-14-23(15(2)25)13-16-5-4-6-20-18(16)17/h4-6,17H,3,7-14H2,1-2H3,(H,21,26). The van der Waals surface area contributed by atoms with Gasteiger partial charge in [0.1, 0.15) is 0 Å². The molecule has 160 valence electrons. The average Bonchev–Trinajstić information content (AvgIpc) is 2.73. The van der Waals surface area contributed by atoms with Crippen LogP contribution in [0.2, 0.25) is 0 Å². The van der Waals surface area contributed by atoms with Crippen LogP contribution >= 0.6 is 0 Å². The van der Waals surface area contributed by atoms with Crippen molar-refractivity contribution in [1.29, 1.82) is 0 Å². The molecule has 0 saturated carbocycles. The first-order valence-corrected chi connectivity index (χ1v) is 11.6. The highest BCUT2D eigenvalue weighted by molar-refractivity contribution is 7.89. The summed E-state index contributed by atoms with van der Waals surface area (Å²) < 4.78 is 25.4. The van der Waals surface area contributed by atoms with Crippen LogP contribution in [0.4, 0.5) is 0 Å². The van der Waals surface area contributed by atoms with Crippen molar-refractivity contribution in [2.45, 2.75) is 26.3 Å². The highest BCUT2D eigenvalue weighted by atomic mass is 32.2. The zero-order chi connectivity index (χ0) is 21.0. The molecule has 0 aliphatic carbocycles. The smallest absolute Gasteiger partial charge is 0.231 e. The predicted octanol–water partition coefficient (Wildman–Crippen LogP) is -0.389. The molecule has 3 heterocycles. The summed E-state index contributed by atoms with van der Waals surface area (Å²) in [4.78, 5) is 32.8. The molecule has 1 saturated heterocycles. The Morgan fingerprint density at radius 2 is 1.97 bits per heavy atom. The first kappa shape index (κ1) is 21.7. The lowest BCUT2D eigenvalue weighted by Crippen LogP contribution is -2.51. The maximum atomic E-state index is 12.8. The maximum absolute atomic E-state index is 12.8. The number of pyridine rings is 1. The Hall–Kier alpha value is -2.04. The third-order valence-corrected chi connectivity index (χ3v) is 7.48. The van der Waals surface area contributed by atoms with Gasteiger partial charge in [-0.2, -0.15) is 4.31 Å². The number of sulfonamides is 1. The molecule has 1 aromatic rings. The number of amides is 2. The predicted molar refractivity (Wildman–Crippen MR) is 109 cm³/mol. The molecule has 2 aliphatic heterocycles. The average molecular weight is 424 g/mol. The fourth-order valence-electron chi connectivity index (χ4n) is 3.80. The Morgan fingerprint density at radius 3 is 2.62 bits per heavy atom. The van der Waals surface area contributed by atoms with Crippen LogP contribution in [0.25, 0.3) is 0 Å². The van der Waals surface area contributed by atoms with Crippen LogP contribution in [0.3, 0.4) is 0 Å². The lowest BCUT2D eigenvalue weighted by molar-refractivity contribution is -0.131. The van der Waals surface area contributed by atoms with Crippen LogP contribution < -0.4 is 5.32 Å². The number of rotatable bonds is 6. The highest BCUT2D eigenvalue weighted by Crippen LogP contribution is 2.26. The summed E-state index contributed by atoms with van der Waals surface area (Å²) in [5.41, 5.74) is 1.64. The molecular formula is C19H29N5O4S. The molecule has 10 heteroatoms. The van der Waals surface area contributed by atoms with E-state index in [4.69, 9.17) is 0 Å². The lowest BCUT2D eigenvalue weighted by atomic mass is 9.94. The van der Waals surface area contributed by atoms with E-state index in [-0.39, 0.29) is 17.6 Å². The van der Waals surface area contributed by atoms with Gasteiger partial charge in [0.2, 0.25) is 21.8 Å². The van der Waals surface area contributed by atoms with E-state index in [2.05, 4.69) is 15.2 Å². The molecule has 29 heavy (non-hydrogen) atoms. The summed E-state index contributed by atoms with van der Waals surface area (Å²) in [5, 5.41) is 2.96. The second-order valence-corrected chi connectivity index (χ2v) is 9.69. The molecule has 1 unspecified atom stereocenters. The van der Waals surface area contributed by atoms with Crippen molar-refractivity contribution in [2.75, 3.05) is 51.6 Å². The number of piperazine rings is 1. The van der Waals surface area contributed by atoms with E-state index in [1.807, 2.05) is 12.1 Å². The summed E-state index contributed by atoms with van der Waals surface area (Å²) in [7, 11) is -3.14. The fourth-order valence-corrected chi connectivity index (χ4v) is 4.88. The summed E-state index contributed by atoms with van der Waals surface area (Å²) in [6, 6.07) is 3.72. The number of carbonyl (C=O) groups excluding carboxylic acids is 2. The van der Waals surface area contributed by atoms with E-state index >= 15 is 0 Å². The van der Waals surface area contributed by atoms with Crippen LogP contribution in [0, 0.1) is 0 Å². The molecule has 0 spiro atoms. The Bertz CT molecular complexity index is 852. The van der Waals surface area contributed by atoms with Crippen molar-refractivity contribution in [3.05, 3.63) is 29.6 Å². The molecule has 1 N–H and O–H groups in total. The SMILES string of the molecule is CCS(=O)(=O)N1CCN(CCNC(=O)C2CN(C(C)=O)Cc3cccnc32)CC1. The fraction of sp³-hybridized carbons (Fsp3) is 0.632. The summed E-state index contributed by atoms with van der Waals surface area (Å²) >= 11 is 0. The first-order chi connectivity index (χ1) is 13.8. The number of fused-ring (bicyclic) bond motifs is 1. The molecule has 3 rings (SSSR count). The molecule has 0 radical (unpaired) electrons. The summed E-state index contributed by atoms with van der Waals surface area (Å²) in [6.07, 6.45) is 1.67. The van der Waals surface area contributed by atoms with E-state index in [9.17, 15) is 18.0 Å². The van der Waals surface area contributed by atoms with Gasteiger partial charge >= 0.3 is 0 Å². The quantitative estimate of drug-likeness (QED) is 0.669. The lowest BCUT2D eigenvalue weighted by Gasteiger charge is -2.34. The van der Waals surface area contributed by atoms with Gasteiger partial charge in [0, 0.05) is 65.5 Å². The zero-order valence-electron chi connectivity index (χ0n) is 17.0. The molecule has 1 fully saturated rings. The number of nitrogens with zero attached hydrogens (tertiary/aromatic N) is 4. The molecule has 9 nitrogen and oxygen atoms in total. The van der Waals surface area contributed by atoms with Crippen LogP contribution in [0.5, 0.6) is 0 Å². The van der Waals surface area contributed by atoms with Crippen LogP contribution in [0.15, 0.2) is 18.3 Å². The number of hydrogen-bond acceptors (Lipinski definition) is 6. The number of aromatic nitrogens is 1. The zero-order valence-corrected chi connectivity index (χ0v) is 17.8. The molecule has 2 amide bonds. The van der Waals surface area contributed by atoms with Crippen molar-refractivity contribution in [1.82, 2.24) is 24.4 Å². The van der Waals surface area contributed by atoms with Crippen molar-refractivity contribution in [3.63, 3.8) is 0 Å². The van der Waals surface area contributed by atoms with Gasteiger partial charge in [-0.25, -0.2) is 8.42 Å². The number of carbonyl (C=O) groups is 2. The topological polar surface area (TPSA) is 103 Å². The minimum Gasteiger partial charge on any atom is -0.354 e. The molecule has 0 aromatic carbocycles. The van der Waals surface area contributed by atoms with Crippen molar-refractivity contribution < 1.29 is 18.0 Å². The molecule has 1 atom stereocenters. The summed E-state index contributed by atoms with van der Waals surface area (Å²) in [6.45, 7) is 7.38. The molecular weight excluding hydrogens is 394 g/mol. The summed E-state index contributed by atoms with van der Waals surface area (Å²) in [5.74, 6) is -0.548. The van der Waals surface area contributed by atoms with Gasteiger partial charge in [0.05, 0.1) is 17.4 Å². The van der Waals surface area contributed by atoms with E-state index in [0.717, 1.165) is 11.3 Å². The third-order valence-electron chi connectivity index (χ3n) is 5.60. The normalized spacial score (nSPS) is 20.9. The van der Waals surface area contributed by atoms with Crippen LogP contribution in [-0.2, 0) is 26.2 Å². The monoisotopic (exact) mass is 423 g/mol. The second-order valence-electron chi connectivity index (χ2n) is 7.43. The number of hydrogen-bond donors (Lipinski definition) is 1. The molecule has 1 aromatic heterocycles. The highest BCUT2D eigenvalue weighted by Gasteiger charge is 2.32. The van der Waals surface area contributed by atoms with Gasteiger partial charge in [-0.3, -0.25) is 19.5 Å². The Balaban J connectivity index is 1.52. The number of nitrogens with one attached hydrogen (secondary N) is 1. The van der Waals surface area contributed by atoms with Gasteiger partial charge in [-0.05, 0) is 18.6 Å². The van der Waals surface area contributed by atoms with E-state index in [1.54, 1.807) is 18.0 Å². The second kappa shape index (κ2) is 9.19. The maximum Gasteiger partial charge on any atom is 0.231 e.